The van der Waals surface area contributed by atoms with Gasteiger partial charge in [0.15, 0.2) is 0 Å². The molecule has 0 aromatic carbocycles. The van der Waals surface area contributed by atoms with E-state index in [1.165, 1.54) is 6.42 Å². The van der Waals surface area contributed by atoms with Crippen LogP contribution in [0, 0.1) is 0 Å². The Morgan fingerprint density at radius 3 is 2.33 bits per heavy atom. The molecule has 0 atom stereocenters. The first-order valence-electron chi connectivity index (χ1n) is 7.69. The molecule has 0 heterocycles. The smallest absolute Gasteiger partial charge is 0.315 e. The Balaban J connectivity index is 2.05. The minimum absolute atomic E-state index is 0.0268. The Kier molecular flexibility index (Phi) is 8.23. The summed E-state index contributed by atoms with van der Waals surface area (Å²) >= 11 is 0. The second-order valence-corrected chi connectivity index (χ2v) is 5.22. The van der Waals surface area contributed by atoms with Crippen LogP contribution in [0.3, 0.4) is 0 Å². The maximum absolute atomic E-state index is 11.6. The summed E-state index contributed by atoms with van der Waals surface area (Å²) in [6.07, 6.45) is 5.78. The number of hydrogen-bond acceptors (Lipinski definition) is 3. The summed E-state index contributed by atoms with van der Waals surface area (Å²) in [5.74, 6) is -0.465. The normalized spacial score (nSPS) is 15.1. The molecule has 4 N–H and O–H groups in total. The van der Waals surface area contributed by atoms with E-state index < -0.39 is 0 Å². The van der Waals surface area contributed by atoms with Gasteiger partial charge in [-0.1, -0.05) is 19.3 Å². The van der Waals surface area contributed by atoms with Gasteiger partial charge in [0.2, 0.25) is 11.8 Å². The number of nitrogens with one attached hydrogen (secondary N) is 4. The van der Waals surface area contributed by atoms with Gasteiger partial charge in [-0.15, -0.1) is 0 Å². The molecular formula is C14H26N4O3. The van der Waals surface area contributed by atoms with Crippen LogP contribution in [0.2, 0.25) is 0 Å². The van der Waals surface area contributed by atoms with Crippen molar-refractivity contribution in [2.45, 2.75) is 51.5 Å². The molecule has 1 fully saturated rings. The fourth-order valence-corrected chi connectivity index (χ4v) is 2.30. The van der Waals surface area contributed by atoms with Crippen LogP contribution in [0.4, 0.5) is 4.79 Å². The van der Waals surface area contributed by atoms with Crippen molar-refractivity contribution < 1.29 is 14.4 Å². The van der Waals surface area contributed by atoms with Crippen molar-refractivity contribution >= 4 is 17.8 Å². The standard InChI is InChI=1S/C14H26N4O3/c1-2-15-13(20)10-17-12(19)8-9-16-14(21)18-11-6-4-3-5-7-11/h11H,2-10H2,1H3,(H,15,20)(H,17,19)(H2,16,18,21). The zero-order valence-electron chi connectivity index (χ0n) is 12.7. The zero-order chi connectivity index (χ0) is 15.5. The number of carbonyl (C=O) groups excluding carboxylic acids is 3. The van der Waals surface area contributed by atoms with Crippen LogP contribution in [0.5, 0.6) is 0 Å². The van der Waals surface area contributed by atoms with Crippen LogP contribution < -0.4 is 21.3 Å². The van der Waals surface area contributed by atoms with E-state index in [4.69, 9.17) is 0 Å². The lowest BCUT2D eigenvalue weighted by Gasteiger charge is -2.22. The molecule has 0 aromatic rings. The van der Waals surface area contributed by atoms with Crippen LogP contribution in [0.25, 0.3) is 0 Å². The van der Waals surface area contributed by atoms with Crippen molar-refractivity contribution in [2.24, 2.45) is 0 Å². The van der Waals surface area contributed by atoms with Crippen molar-refractivity contribution in [2.75, 3.05) is 19.6 Å². The first-order valence-corrected chi connectivity index (χ1v) is 7.69. The third kappa shape index (κ3) is 8.16. The molecule has 7 nitrogen and oxygen atoms in total. The van der Waals surface area contributed by atoms with Crippen LogP contribution in [-0.2, 0) is 9.59 Å². The number of urea groups is 1. The van der Waals surface area contributed by atoms with Gasteiger partial charge in [-0.05, 0) is 19.8 Å². The van der Waals surface area contributed by atoms with Gasteiger partial charge in [0.05, 0.1) is 6.54 Å². The van der Waals surface area contributed by atoms with E-state index in [2.05, 4.69) is 21.3 Å². The van der Waals surface area contributed by atoms with Gasteiger partial charge >= 0.3 is 6.03 Å². The molecular weight excluding hydrogens is 272 g/mol. The molecule has 7 heteroatoms. The highest BCUT2D eigenvalue weighted by atomic mass is 16.2. The monoisotopic (exact) mass is 298 g/mol. The molecule has 1 saturated carbocycles. The summed E-state index contributed by atoms with van der Waals surface area (Å²) in [7, 11) is 0. The van der Waals surface area contributed by atoms with E-state index in [0.29, 0.717) is 6.54 Å². The predicted molar refractivity (Wildman–Crippen MR) is 79.7 cm³/mol. The maximum Gasteiger partial charge on any atom is 0.315 e. The number of rotatable bonds is 7. The Labute approximate surface area is 125 Å². The van der Waals surface area contributed by atoms with E-state index >= 15 is 0 Å². The Morgan fingerprint density at radius 2 is 1.67 bits per heavy atom. The average Bonchev–Trinajstić information content (AvgIpc) is 2.46. The molecule has 0 spiro atoms. The Hall–Kier alpha value is -1.79. The molecule has 0 aromatic heterocycles. The van der Waals surface area contributed by atoms with Crippen LogP contribution in [0.1, 0.15) is 45.4 Å². The average molecular weight is 298 g/mol. The van der Waals surface area contributed by atoms with E-state index in [0.717, 1.165) is 25.7 Å². The molecule has 1 aliphatic carbocycles. The van der Waals surface area contributed by atoms with Gasteiger partial charge in [-0.2, -0.15) is 0 Å². The molecule has 120 valence electrons. The topological polar surface area (TPSA) is 99.3 Å². The zero-order valence-corrected chi connectivity index (χ0v) is 12.7. The highest BCUT2D eigenvalue weighted by molar-refractivity contribution is 5.85. The third-order valence-electron chi connectivity index (χ3n) is 3.40. The minimum atomic E-state index is -0.251. The van der Waals surface area contributed by atoms with Crippen molar-refractivity contribution in [1.29, 1.82) is 0 Å². The lowest BCUT2D eigenvalue weighted by Crippen LogP contribution is -2.44. The van der Waals surface area contributed by atoms with Gasteiger partial charge in [-0.25, -0.2) is 4.79 Å². The summed E-state index contributed by atoms with van der Waals surface area (Å²) in [4.78, 5) is 34.2. The highest BCUT2D eigenvalue weighted by Gasteiger charge is 2.15. The first kappa shape index (κ1) is 17.3. The van der Waals surface area contributed by atoms with E-state index in [-0.39, 0.29) is 43.4 Å². The van der Waals surface area contributed by atoms with Crippen LogP contribution in [0.15, 0.2) is 0 Å². The molecule has 4 amide bonds. The summed E-state index contributed by atoms with van der Waals surface area (Å²) < 4.78 is 0. The number of carbonyl (C=O) groups is 3. The SMILES string of the molecule is CCNC(=O)CNC(=O)CCNC(=O)NC1CCCCC1. The molecule has 21 heavy (non-hydrogen) atoms. The van der Waals surface area contributed by atoms with Gasteiger partial charge in [0.25, 0.3) is 0 Å². The largest absolute Gasteiger partial charge is 0.355 e. The lowest BCUT2D eigenvalue weighted by atomic mass is 9.96. The van der Waals surface area contributed by atoms with Crippen molar-refractivity contribution in [3.8, 4) is 0 Å². The van der Waals surface area contributed by atoms with Gasteiger partial charge in [0, 0.05) is 25.6 Å². The molecule has 0 unspecified atom stereocenters. The van der Waals surface area contributed by atoms with Gasteiger partial charge in [0.1, 0.15) is 0 Å². The summed E-state index contributed by atoms with van der Waals surface area (Å²) in [5, 5.41) is 10.7. The molecule has 1 rings (SSSR count). The fourth-order valence-electron chi connectivity index (χ4n) is 2.30. The Bertz CT molecular complexity index is 354. The number of likely N-dealkylation sites (N-methyl/N-ethyl adjacent to an activating group) is 1. The molecule has 0 saturated heterocycles. The molecule has 0 radical (unpaired) electrons. The molecule has 1 aliphatic rings. The van der Waals surface area contributed by atoms with Crippen molar-refractivity contribution in [3.63, 3.8) is 0 Å². The lowest BCUT2D eigenvalue weighted by molar-refractivity contribution is -0.126. The Morgan fingerprint density at radius 1 is 0.952 bits per heavy atom. The third-order valence-corrected chi connectivity index (χ3v) is 3.40. The summed E-state index contributed by atoms with van der Waals surface area (Å²) in [6.45, 7) is 2.59. The second kappa shape index (κ2) is 10.0. The van der Waals surface area contributed by atoms with Gasteiger partial charge in [-0.3, -0.25) is 9.59 Å². The summed E-state index contributed by atoms with van der Waals surface area (Å²) in [6, 6.07) is 0.0312. The summed E-state index contributed by atoms with van der Waals surface area (Å²) in [5.41, 5.74) is 0. The second-order valence-electron chi connectivity index (χ2n) is 5.22. The van der Waals surface area contributed by atoms with Crippen molar-refractivity contribution in [1.82, 2.24) is 21.3 Å². The molecule has 0 bridgehead atoms. The van der Waals surface area contributed by atoms with E-state index in [1.54, 1.807) is 0 Å². The van der Waals surface area contributed by atoms with Crippen LogP contribution in [-0.4, -0.2) is 43.5 Å². The number of hydrogen-bond donors (Lipinski definition) is 4. The van der Waals surface area contributed by atoms with Crippen LogP contribution >= 0.6 is 0 Å². The fraction of sp³-hybridized carbons (Fsp3) is 0.786. The quantitative estimate of drug-likeness (QED) is 0.542. The van der Waals surface area contributed by atoms with Crippen molar-refractivity contribution in [3.05, 3.63) is 0 Å². The minimum Gasteiger partial charge on any atom is -0.355 e. The number of amides is 4. The first-order chi connectivity index (χ1) is 10.1. The predicted octanol–water partition coefficient (Wildman–Crippen LogP) is 0.261. The maximum atomic E-state index is 11.6. The van der Waals surface area contributed by atoms with Gasteiger partial charge < -0.3 is 21.3 Å². The van der Waals surface area contributed by atoms with E-state index in [1.807, 2.05) is 6.92 Å². The highest BCUT2D eigenvalue weighted by Crippen LogP contribution is 2.16. The van der Waals surface area contributed by atoms with E-state index in [9.17, 15) is 14.4 Å². The molecule has 0 aliphatic heterocycles.